The van der Waals surface area contributed by atoms with Crippen molar-refractivity contribution in [1.82, 2.24) is 0 Å². The van der Waals surface area contributed by atoms with Crippen LogP contribution in [-0.4, -0.2) is 25.2 Å². The molecule has 4 nitrogen and oxygen atoms in total. The second kappa shape index (κ2) is 6.57. The van der Waals surface area contributed by atoms with Crippen LogP contribution in [0.4, 0.5) is 0 Å². The zero-order valence-electron chi connectivity index (χ0n) is 12.6. The number of carbonyl (C=O) groups excluding carboxylic acids is 2. The molecule has 0 saturated heterocycles. The lowest BCUT2D eigenvalue weighted by atomic mass is 9.93. The number of carbonyl (C=O) groups is 2. The van der Waals surface area contributed by atoms with Gasteiger partial charge in [0, 0.05) is 0 Å². The third kappa shape index (κ3) is 2.84. The highest BCUT2D eigenvalue weighted by molar-refractivity contribution is 6.06. The standard InChI is InChI=1S/C17H20O4/c1-4-11-8-7-9-12-13(11)10-14(16(18)20-5-2)15(12)17(19)21-6-3/h7-10,15H,4-6H2,1-3H3. The van der Waals surface area contributed by atoms with Crippen molar-refractivity contribution < 1.29 is 19.1 Å². The van der Waals surface area contributed by atoms with Gasteiger partial charge in [-0.3, -0.25) is 4.79 Å². The van der Waals surface area contributed by atoms with E-state index in [0.29, 0.717) is 5.57 Å². The van der Waals surface area contributed by atoms with Crippen molar-refractivity contribution in [3.05, 3.63) is 40.5 Å². The Morgan fingerprint density at radius 1 is 1.10 bits per heavy atom. The first-order valence-electron chi connectivity index (χ1n) is 7.31. The van der Waals surface area contributed by atoms with Gasteiger partial charge in [0.25, 0.3) is 0 Å². The lowest BCUT2D eigenvalue weighted by molar-refractivity contribution is -0.147. The Bertz CT molecular complexity index is 586. The van der Waals surface area contributed by atoms with E-state index >= 15 is 0 Å². The van der Waals surface area contributed by atoms with Crippen LogP contribution in [0, 0.1) is 0 Å². The van der Waals surface area contributed by atoms with E-state index in [1.54, 1.807) is 19.9 Å². The molecule has 1 aliphatic rings. The SMILES string of the molecule is CCOC(=O)C1=Cc2c(CC)cccc2C1C(=O)OCC. The van der Waals surface area contributed by atoms with Gasteiger partial charge >= 0.3 is 11.9 Å². The van der Waals surface area contributed by atoms with Gasteiger partial charge in [0.15, 0.2) is 0 Å². The van der Waals surface area contributed by atoms with Crippen LogP contribution in [0.5, 0.6) is 0 Å². The van der Waals surface area contributed by atoms with Crippen LogP contribution in [0.3, 0.4) is 0 Å². The molecule has 1 aliphatic carbocycles. The first kappa shape index (κ1) is 15.3. The smallest absolute Gasteiger partial charge is 0.335 e. The Labute approximate surface area is 124 Å². The summed E-state index contributed by atoms with van der Waals surface area (Å²) in [4.78, 5) is 24.4. The third-order valence-corrected chi connectivity index (χ3v) is 3.57. The van der Waals surface area contributed by atoms with E-state index in [1.165, 1.54) is 0 Å². The second-order valence-electron chi connectivity index (χ2n) is 4.78. The predicted octanol–water partition coefficient (Wildman–Crippen LogP) is 2.86. The van der Waals surface area contributed by atoms with Gasteiger partial charge in [-0.05, 0) is 43.0 Å². The fourth-order valence-corrected chi connectivity index (χ4v) is 2.65. The number of fused-ring (bicyclic) bond motifs is 1. The summed E-state index contributed by atoms with van der Waals surface area (Å²) in [5, 5.41) is 0. The summed E-state index contributed by atoms with van der Waals surface area (Å²) in [7, 11) is 0. The minimum absolute atomic E-state index is 0.280. The van der Waals surface area contributed by atoms with E-state index in [-0.39, 0.29) is 13.2 Å². The van der Waals surface area contributed by atoms with Crippen molar-refractivity contribution in [2.45, 2.75) is 33.1 Å². The number of rotatable bonds is 5. The van der Waals surface area contributed by atoms with Crippen LogP contribution >= 0.6 is 0 Å². The highest BCUT2D eigenvalue weighted by Crippen LogP contribution is 2.39. The molecule has 0 amide bonds. The van der Waals surface area contributed by atoms with E-state index < -0.39 is 17.9 Å². The summed E-state index contributed by atoms with van der Waals surface area (Å²) in [5.41, 5.74) is 3.25. The number of hydrogen-bond donors (Lipinski definition) is 0. The predicted molar refractivity (Wildman–Crippen MR) is 79.8 cm³/mol. The molecule has 1 aromatic carbocycles. The number of benzene rings is 1. The average molecular weight is 288 g/mol. The summed E-state index contributed by atoms with van der Waals surface area (Å²) in [6.45, 7) is 6.11. The molecule has 1 unspecified atom stereocenters. The van der Waals surface area contributed by atoms with E-state index in [1.807, 2.05) is 25.1 Å². The normalized spacial score (nSPS) is 16.1. The minimum atomic E-state index is -0.675. The van der Waals surface area contributed by atoms with E-state index in [4.69, 9.17) is 9.47 Å². The molecule has 0 heterocycles. The Balaban J connectivity index is 2.48. The van der Waals surface area contributed by atoms with Gasteiger partial charge in [0.1, 0.15) is 5.92 Å². The van der Waals surface area contributed by atoms with Gasteiger partial charge in [-0.25, -0.2) is 4.79 Å². The fraction of sp³-hybridized carbons (Fsp3) is 0.412. The Morgan fingerprint density at radius 2 is 1.81 bits per heavy atom. The van der Waals surface area contributed by atoms with Crippen LogP contribution in [-0.2, 0) is 25.5 Å². The van der Waals surface area contributed by atoms with E-state index in [9.17, 15) is 9.59 Å². The molecule has 112 valence electrons. The Morgan fingerprint density at radius 3 is 2.43 bits per heavy atom. The maximum Gasteiger partial charge on any atom is 0.335 e. The molecule has 0 aliphatic heterocycles. The molecule has 1 aromatic rings. The molecule has 2 rings (SSSR count). The van der Waals surface area contributed by atoms with Gasteiger partial charge in [0.2, 0.25) is 0 Å². The van der Waals surface area contributed by atoms with Gasteiger partial charge in [-0.1, -0.05) is 25.1 Å². The van der Waals surface area contributed by atoms with Crippen LogP contribution in [0.2, 0.25) is 0 Å². The average Bonchev–Trinajstić information content (AvgIpc) is 2.87. The number of esters is 2. The number of ether oxygens (including phenoxy) is 2. The molecule has 0 spiro atoms. The summed E-state index contributed by atoms with van der Waals surface area (Å²) in [6.07, 6.45) is 2.61. The monoisotopic (exact) mass is 288 g/mol. The number of aryl methyl sites for hydroxylation is 1. The topological polar surface area (TPSA) is 52.6 Å². The van der Waals surface area contributed by atoms with Gasteiger partial charge in [-0.2, -0.15) is 0 Å². The van der Waals surface area contributed by atoms with Gasteiger partial charge in [0.05, 0.1) is 18.8 Å². The molecule has 0 N–H and O–H groups in total. The summed E-state index contributed by atoms with van der Waals surface area (Å²) < 4.78 is 10.2. The van der Waals surface area contributed by atoms with Crippen molar-refractivity contribution in [3.63, 3.8) is 0 Å². The fourth-order valence-electron chi connectivity index (χ4n) is 2.65. The van der Waals surface area contributed by atoms with Crippen LogP contribution in [0.15, 0.2) is 23.8 Å². The van der Waals surface area contributed by atoms with Crippen molar-refractivity contribution >= 4 is 18.0 Å². The molecular formula is C17H20O4. The van der Waals surface area contributed by atoms with Crippen LogP contribution in [0.25, 0.3) is 6.08 Å². The quantitative estimate of drug-likeness (QED) is 0.782. The molecule has 0 fully saturated rings. The Hall–Kier alpha value is -2.10. The first-order chi connectivity index (χ1) is 10.1. The lowest BCUT2D eigenvalue weighted by Crippen LogP contribution is -2.21. The lowest BCUT2D eigenvalue weighted by Gasteiger charge is -2.15. The largest absolute Gasteiger partial charge is 0.465 e. The third-order valence-electron chi connectivity index (χ3n) is 3.57. The van der Waals surface area contributed by atoms with E-state index in [0.717, 1.165) is 23.1 Å². The summed E-state index contributed by atoms with van der Waals surface area (Å²) in [5.74, 6) is -1.52. The van der Waals surface area contributed by atoms with Gasteiger partial charge in [-0.15, -0.1) is 0 Å². The van der Waals surface area contributed by atoms with Crippen molar-refractivity contribution in [3.8, 4) is 0 Å². The van der Waals surface area contributed by atoms with Crippen molar-refractivity contribution in [2.75, 3.05) is 13.2 Å². The summed E-state index contributed by atoms with van der Waals surface area (Å²) >= 11 is 0. The van der Waals surface area contributed by atoms with Crippen LogP contribution < -0.4 is 0 Å². The summed E-state index contributed by atoms with van der Waals surface area (Å²) in [6, 6.07) is 5.79. The highest BCUT2D eigenvalue weighted by atomic mass is 16.5. The Kier molecular flexibility index (Phi) is 4.78. The molecule has 0 aromatic heterocycles. The highest BCUT2D eigenvalue weighted by Gasteiger charge is 2.37. The zero-order chi connectivity index (χ0) is 15.4. The van der Waals surface area contributed by atoms with E-state index in [2.05, 4.69) is 0 Å². The molecule has 0 saturated carbocycles. The number of hydrogen-bond acceptors (Lipinski definition) is 4. The zero-order valence-corrected chi connectivity index (χ0v) is 12.6. The first-order valence-corrected chi connectivity index (χ1v) is 7.31. The second-order valence-corrected chi connectivity index (χ2v) is 4.78. The molecule has 21 heavy (non-hydrogen) atoms. The van der Waals surface area contributed by atoms with Crippen molar-refractivity contribution in [2.24, 2.45) is 0 Å². The maximum absolute atomic E-state index is 12.3. The molecular weight excluding hydrogens is 268 g/mol. The molecule has 0 bridgehead atoms. The van der Waals surface area contributed by atoms with Gasteiger partial charge < -0.3 is 9.47 Å². The van der Waals surface area contributed by atoms with Crippen molar-refractivity contribution in [1.29, 1.82) is 0 Å². The molecule has 4 heteroatoms. The van der Waals surface area contributed by atoms with Crippen LogP contribution in [0.1, 0.15) is 43.4 Å². The minimum Gasteiger partial charge on any atom is -0.465 e. The molecule has 0 radical (unpaired) electrons. The molecule has 1 atom stereocenters. The maximum atomic E-state index is 12.3.